The van der Waals surface area contributed by atoms with Crippen LogP contribution >= 0.6 is 0 Å². The fraction of sp³-hybridized carbons (Fsp3) is 0.929. The van der Waals surface area contributed by atoms with Gasteiger partial charge in [-0.3, -0.25) is 4.79 Å². The Morgan fingerprint density at radius 3 is 1.67 bits per heavy atom. The average molecular weight is 469 g/mol. The first-order valence-electron chi connectivity index (χ1n) is 14.3. The number of esters is 1. The molecular weight excluding hydrogens is 412 g/mol. The van der Waals surface area contributed by atoms with Gasteiger partial charge < -0.3 is 15.8 Å². The molecule has 5 nitrogen and oxygen atoms in total. The van der Waals surface area contributed by atoms with Gasteiger partial charge in [0.15, 0.2) is 0 Å². The maximum absolute atomic E-state index is 12.4. The van der Waals surface area contributed by atoms with Crippen molar-refractivity contribution in [1.29, 1.82) is 0 Å². The third-order valence-corrected chi connectivity index (χ3v) is 6.32. The molecule has 0 saturated heterocycles. The summed E-state index contributed by atoms with van der Waals surface area (Å²) in [5.74, 6) is -0.319. The van der Waals surface area contributed by atoms with Crippen LogP contribution in [0.4, 0.5) is 0 Å². The summed E-state index contributed by atoms with van der Waals surface area (Å²) < 4.78 is 5.42. The van der Waals surface area contributed by atoms with Gasteiger partial charge in [0.2, 0.25) is 5.91 Å². The van der Waals surface area contributed by atoms with Gasteiger partial charge in [-0.05, 0) is 38.6 Å². The molecule has 0 aliphatic carbocycles. The van der Waals surface area contributed by atoms with E-state index in [0.29, 0.717) is 26.0 Å². The van der Waals surface area contributed by atoms with Gasteiger partial charge in [0, 0.05) is 6.42 Å². The highest BCUT2D eigenvalue weighted by Crippen LogP contribution is 2.13. The van der Waals surface area contributed by atoms with Crippen molar-refractivity contribution in [2.45, 2.75) is 155 Å². The summed E-state index contributed by atoms with van der Waals surface area (Å²) in [6.07, 6.45) is 23.8. The summed E-state index contributed by atoms with van der Waals surface area (Å²) >= 11 is 0. The zero-order chi connectivity index (χ0) is 24.4. The Labute approximate surface area is 205 Å². The summed E-state index contributed by atoms with van der Waals surface area (Å²) in [6, 6.07) is -0.530. The van der Waals surface area contributed by atoms with E-state index in [-0.39, 0.29) is 11.9 Å². The van der Waals surface area contributed by atoms with E-state index in [2.05, 4.69) is 19.2 Å². The van der Waals surface area contributed by atoms with Crippen LogP contribution in [0, 0.1) is 0 Å². The van der Waals surface area contributed by atoms with Crippen molar-refractivity contribution in [3.63, 3.8) is 0 Å². The smallest absolute Gasteiger partial charge is 0.328 e. The average Bonchev–Trinajstić information content (AvgIpc) is 2.81. The molecule has 0 spiro atoms. The maximum Gasteiger partial charge on any atom is 0.328 e. The van der Waals surface area contributed by atoms with Crippen LogP contribution in [-0.4, -0.2) is 31.1 Å². The first kappa shape index (κ1) is 31.9. The van der Waals surface area contributed by atoms with E-state index >= 15 is 0 Å². The Bertz CT molecular complexity index is 443. The topological polar surface area (TPSA) is 81.4 Å². The molecule has 0 aromatic rings. The van der Waals surface area contributed by atoms with Crippen LogP contribution in [0.15, 0.2) is 0 Å². The molecule has 1 amide bonds. The minimum Gasteiger partial charge on any atom is -0.464 e. The van der Waals surface area contributed by atoms with Crippen LogP contribution in [0.25, 0.3) is 0 Å². The molecule has 0 unspecified atom stereocenters. The normalized spacial score (nSPS) is 12.0. The molecule has 0 rings (SSSR count). The molecule has 0 aliphatic heterocycles. The van der Waals surface area contributed by atoms with Gasteiger partial charge in [-0.2, -0.15) is 0 Å². The number of ether oxygens (including phenoxy) is 1. The molecule has 0 aromatic heterocycles. The van der Waals surface area contributed by atoms with E-state index in [1.165, 1.54) is 70.6 Å². The summed E-state index contributed by atoms with van der Waals surface area (Å²) in [5, 5.41) is 2.92. The van der Waals surface area contributed by atoms with Crippen molar-refractivity contribution in [1.82, 2.24) is 5.32 Å². The van der Waals surface area contributed by atoms with Crippen molar-refractivity contribution in [2.75, 3.05) is 13.2 Å². The number of hydrogen-bond donors (Lipinski definition) is 2. The highest BCUT2D eigenvalue weighted by Gasteiger charge is 2.21. The predicted molar refractivity (Wildman–Crippen MR) is 140 cm³/mol. The molecule has 0 saturated carbocycles. The Hall–Kier alpha value is -1.10. The van der Waals surface area contributed by atoms with E-state index in [1.807, 2.05) is 0 Å². The first-order valence-corrected chi connectivity index (χ1v) is 14.3. The molecule has 0 radical (unpaired) electrons. The number of hydrogen-bond acceptors (Lipinski definition) is 4. The number of rotatable bonds is 25. The SMILES string of the molecule is CCCCCCCCCCCCCCCC(=O)N[C@@H](CCCCN)C(=O)OCCCCCC. The standard InChI is InChI=1S/C28H56N2O3/c1-3-5-7-9-10-11-12-13-14-15-16-17-18-23-27(31)30-26(22-19-20-24-29)28(32)33-25-21-8-6-4-2/h26H,3-25,29H2,1-2H3,(H,30,31)/t26-/m0/s1. The van der Waals surface area contributed by atoms with E-state index in [9.17, 15) is 9.59 Å². The first-order chi connectivity index (χ1) is 16.2. The second-order valence-corrected chi connectivity index (χ2v) is 9.63. The van der Waals surface area contributed by atoms with E-state index in [1.54, 1.807) is 0 Å². The molecule has 3 N–H and O–H groups in total. The number of nitrogens with two attached hydrogens (primary N) is 1. The number of amides is 1. The van der Waals surface area contributed by atoms with Gasteiger partial charge in [-0.15, -0.1) is 0 Å². The van der Waals surface area contributed by atoms with Gasteiger partial charge in [0.05, 0.1) is 6.61 Å². The van der Waals surface area contributed by atoms with E-state index in [0.717, 1.165) is 51.4 Å². The number of nitrogens with one attached hydrogen (secondary N) is 1. The van der Waals surface area contributed by atoms with Crippen molar-refractivity contribution in [3.8, 4) is 0 Å². The molecule has 0 heterocycles. The molecule has 5 heteroatoms. The fourth-order valence-corrected chi connectivity index (χ4v) is 4.11. The summed E-state index contributed by atoms with van der Waals surface area (Å²) in [5.41, 5.74) is 5.58. The van der Waals surface area contributed by atoms with E-state index in [4.69, 9.17) is 10.5 Å². The van der Waals surface area contributed by atoms with E-state index < -0.39 is 6.04 Å². The third-order valence-electron chi connectivity index (χ3n) is 6.32. The number of carbonyl (C=O) groups is 2. The maximum atomic E-state index is 12.4. The van der Waals surface area contributed by atoms with Crippen molar-refractivity contribution >= 4 is 11.9 Å². The minimum absolute atomic E-state index is 0.0289. The predicted octanol–water partition coefficient (Wildman–Crippen LogP) is 7.21. The van der Waals surface area contributed by atoms with Crippen LogP contribution in [0.1, 0.15) is 149 Å². The number of carbonyl (C=O) groups excluding carboxylic acids is 2. The zero-order valence-corrected chi connectivity index (χ0v) is 22.1. The molecule has 0 bridgehead atoms. The third kappa shape index (κ3) is 22.5. The Balaban J connectivity index is 3.85. The largest absolute Gasteiger partial charge is 0.464 e. The molecule has 33 heavy (non-hydrogen) atoms. The second-order valence-electron chi connectivity index (χ2n) is 9.63. The molecule has 1 atom stereocenters. The molecule has 0 aliphatic rings. The Kier molecular flexibility index (Phi) is 24.7. The second kappa shape index (κ2) is 25.5. The fourth-order valence-electron chi connectivity index (χ4n) is 4.11. The molecule has 0 fully saturated rings. The molecule has 196 valence electrons. The van der Waals surface area contributed by atoms with Crippen molar-refractivity contribution < 1.29 is 14.3 Å². The van der Waals surface area contributed by atoms with Crippen LogP contribution in [0.3, 0.4) is 0 Å². The monoisotopic (exact) mass is 468 g/mol. The highest BCUT2D eigenvalue weighted by atomic mass is 16.5. The quantitative estimate of drug-likeness (QED) is 0.110. The molecular formula is C28H56N2O3. The van der Waals surface area contributed by atoms with Crippen LogP contribution in [0.5, 0.6) is 0 Å². The van der Waals surface area contributed by atoms with Gasteiger partial charge in [-0.1, -0.05) is 110 Å². The lowest BCUT2D eigenvalue weighted by Gasteiger charge is -2.18. The van der Waals surface area contributed by atoms with Crippen molar-refractivity contribution in [3.05, 3.63) is 0 Å². The highest BCUT2D eigenvalue weighted by molar-refractivity contribution is 5.84. The lowest BCUT2D eigenvalue weighted by molar-refractivity contribution is -0.148. The minimum atomic E-state index is -0.530. The summed E-state index contributed by atoms with van der Waals surface area (Å²) in [6.45, 7) is 5.47. The zero-order valence-electron chi connectivity index (χ0n) is 22.1. The van der Waals surface area contributed by atoms with Crippen molar-refractivity contribution in [2.24, 2.45) is 5.73 Å². The van der Waals surface area contributed by atoms with Crippen LogP contribution < -0.4 is 11.1 Å². The van der Waals surface area contributed by atoms with Gasteiger partial charge in [0.1, 0.15) is 6.04 Å². The Morgan fingerprint density at radius 1 is 0.667 bits per heavy atom. The van der Waals surface area contributed by atoms with Gasteiger partial charge in [0.25, 0.3) is 0 Å². The number of unbranched alkanes of at least 4 members (excludes halogenated alkanes) is 16. The molecule has 0 aromatic carbocycles. The summed E-state index contributed by atoms with van der Waals surface area (Å²) in [7, 11) is 0. The lowest BCUT2D eigenvalue weighted by Crippen LogP contribution is -2.42. The summed E-state index contributed by atoms with van der Waals surface area (Å²) in [4.78, 5) is 24.8. The van der Waals surface area contributed by atoms with Gasteiger partial charge in [-0.25, -0.2) is 4.79 Å². The Morgan fingerprint density at radius 2 is 1.15 bits per heavy atom. The lowest BCUT2D eigenvalue weighted by atomic mass is 10.0. The van der Waals surface area contributed by atoms with Crippen LogP contribution in [-0.2, 0) is 14.3 Å². The van der Waals surface area contributed by atoms with Gasteiger partial charge >= 0.3 is 5.97 Å². The van der Waals surface area contributed by atoms with Crippen LogP contribution in [0.2, 0.25) is 0 Å².